The molecule has 0 amide bonds. The number of aryl methyl sites for hydroxylation is 1. The van der Waals surface area contributed by atoms with E-state index >= 15 is 0 Å². The fraction of sp³-hybridized carbons (Fsp3) is 0.304. The lowest BCUT2D eigenvalue weighted by molar-refractivity contribution is 0.626. The van der Waals surface area contributed by atoms with Crippen molar-refractivity contribution in [2.45, 2.75) is 41.0 Å². The molecule has 3 aromatic rings. The van der Waals surface area contributed by atoms with E-state index in [4.69, 9.17) is 10.4 Å². The molecule has 2 aromatic heterocycles. The number of benzene rings is 1. The van der Waals surface area contributed by atoms with Gasteiger partial charge in [-0.25, -0.2) is 4.98 Å². The van der Waals surface area contributed by atoms with Gasteiger partial charge >= 0.3 is 0 Å². The van der Waals surface area contributed by atoms with E-state index in [9.17, 15) is 0 Å². The van der Waals surface area contributed by atoms with Crippen LogP contribution in [0.15, 0.2) is 47.9 Å². The second kappa shape index (κ2) is 10.0. The van der Waals surface area contributed by atoms with E-state index in [0.717, 1.165) is 38.8 Å². The number of fused-ring (bicyclic) bond motifs is 1. The minimum Gasteiger partial charge on any atom is -0.353 e. The van der Waals surface area contributed by atoms with E-state index in [1.807, 2.05) is 31.2 Å². The predicted octanol–water partition coefficient (Wildman–Crippen LogP) is 7.45. The van der Waals surface area contributed by atoms with Gasteiger partial charge in [-0.2, -0.15) is 0 Å². The van der Waals surface area contributed by atoms with Gasteiger partial charge < -0.3 is 10.7 Å². The zero-order valence-electron chi connectivity index (χ0n) is 16.8. The molecule has 3 rings (SSSR count). The van der Waals surface area contributed by atoms with E-state index in [1.54, 1.807) is 11.3 Å². The maximum atomic E-state index is 7.48. The maximum Gasteiger partial charge on any atom is 0.105 e. The number of pyridine rings is 1. The van der Waals surface area contributed by atoms with Gasteiger partial charge in [0.1, 0.15) is 5.52 Å². The first kappa shape index (κ1) is 20.8. The minimum absolute atomic E-state index is 0.829. The predicted molar refractivity (Wildman–Crippen MR) is 122 cm³/mol. The van der Waals surface area contributed by atoms with Crippen molar-refractivity contribution in [3.63, 3.8) is 0 Å². The van der Waals surface area contributed by atoms with Crippen molar-refractivity contribution >= 4 is 44.7 Å². The lowest BCUT2D eigenvalue weighted by atomic mass is 10.1. The normalized spacial score (nSPS) is 11.3. The summed E-state index contributed by atoms with van der Waals surface area (Å²) in [6.45, 7) is 10.7. The quantitative estimate of drug-likeness (QED) is 0.452. The second-order valence-electron chi connectivity index (χ2n) is 6.82. The molecule has 0 saturated carbocycles. The van der Waals surface area contributed by atoms with Crippen molar-refractivity contribution in [3.05, 3.63) is 59.1 Å². The third-order valence-electron chi connectivity index (χ3n) is 4.41. The summed E-state index contributed by atoms with van der Waals surface area (Å²) in [7, 11) is 0. The Labute approximate surface area is 166 Å². The van der Waals surface area contributed by atoms with Gasteiger partial charge in [-0.15, -0.1) is 11.3 Å². The number of allylic oxidation sites excluding steroid dienone is 2. The molecule has 2 N–H and O–H groups in total. The van der Waals surface area contributed by atoms with E-state index in [-0.39, 0.29) is 0 Å². The topological polar surface area (TPSA) is 48.8 Å². The van der Waals surface area contributed by atoms with Crippen LogP contribution < -0.4 is 5.32 Å². The standard InChI is InChI=1S/C18H17N3S.C5H12/c1-3-13(10-19)15-8-9-17-18(21-15)16(11-22-17)20-14-7-5-4-6-12(14)2;1-4-5(2)3/h3-11,19-20H,1-2H3;5H,4H2,1-3H3/b13-3+,19-10?;. The molecule has 0 aliphatic heterocycles. The average molecular weight is 380 g/mol. The van der Waals surface area contributed by atoms with Crippen LogP contribution in [-0.4, -0.2) is 11.2 Å². The van der Waals surface area contributed by atoms with E-state index < -0.39 is 0 Å². The minimum atomic E-state index is 0.829. The maximum absolute atomic E-state index is 7.48. The summed E-state index contributed by atoms with van der Waals surface area (Å²) in [4.78, 5) is 4.73. The Morgan fingerprint density at radius 2 is 1.89 bits per heavy atom. The molecular weight excluding hydrogens is 350 g/mol. The van der Waals surface area contributed by atoms with Crippen LogP contribution in [0.1, 0.15) is 45.4 Å². The molecule has 0 radical (unpaired) electrons. The lowest BCUT2D eigenvalue weighted by Crippen LogP contribution is -1.94. The molecule has 3 nitrogen and oxygen atoms in total. The first-order valence-corrected chi connectivity index (χ1v) is 10.3. The van der Waals surface area contributed by atoms with Gasteiger partial charge in [0.15, 0.2) is 0 Å². The third kappa shape index (κ3) is 5.51. The smallest absolute Gasteiger partial charge is 0.105 e. The van der Waals surface area contributed by atoms with Gasteiger partial charge in [-0.05, 0) is 43.5 Å². The van der Waals surface area contributed by atoms with Crippen molar-refractivity contribution in [3.8, 4) is 0 Å². The zero-order chi connectivity index (χ0) is 19.8. The summed E-state index contributed by atoms with van der Waals surface area (Å²) in [6, 6.07) is 12.2. The Balaban J connectivity index is 0.000000465. The zero-order valence-corrected chi connectivity index (χ0v) is 17.7. The highest BCUT2D eigenvalue weighted by Gasteiger charge is 2.09. The highest BCUT2D eigenvalue weighted by atomic mass is 32.1. The highest BCUT2D eigenvalue weighted by molar-refractivity contribution is 7.17. The van der Waals surface area contributed by atoms with Crippen LogP contribution in [0.5, 0.6) is 0 Å². The Morgan fingerprint density at radius 1 is 1.19 bits per heavy atom. The highest BCUT2D eigenvalue weighted by Crippen LogP contribution is 2.32. The van der Waals surface area contributed by atoms with Crippen LogP contribution in [0.25, 0.3) is 15.8 Å². The van der Waals surface area contributed by atoms with E-state index in [2.05, 4.69) is 56.6 Å². The number of hydrogen-bond acceptors (Lipinski definition) is 4. The fourth-order valence-electron chi connectivity index (χ4n) is 2.33. The van der Waals surface area contributed by atoms with Crippen LogP contribution in [-0.2, 0) is 0 Å². The van der Waals surface area contributed by atoms with Gasteiger partial charge in [0.2, 0.25) is 0 Å². The monoisotopic (exact) mass is 379 g/mol. The van der Waals surface area contributed by atoms with Gasteiger partial charge in [-0.3, -0.25) is 0 Å². The van der Waals surface area contributed by atoms with E-state index in [1.165, 1.54) is 18.2 Å². The lowest BCUT2D eigenvalue weighted by Gasteiger charge is -2.08. The van der Waals surface area contributed by atoms with Crippen molar-refractivity contribution in [1.82, 2.24) is 4.98 Å². The Morgan fingerprint density at radius 3 is 2.48 bits per heavy atom. The van der Waals surface area contributed by atoms with E-state index in [0.29, 0.717) is 0 Å². The summed E-state index contributed by atoms with van der Waals surface area (Å²) in [6.07, 6.45) is 4.55. The van der Waals surface area contributed by atoms with Crippen LogP contribution >= 0.6 is 11.3 Å². The molecule has 1 aromatic carbocycles. The largest absolute Gasteiger partial charge is 0.353 e. The first-order valence-electron chi connectivity index (χ1n) is 9.38. The van der Waals surface area contributed by atoms with Gasteiger partial charge in [0.25, 0.3) is 0 Å². The molecular formula is C23H29N3S. The Kier molecular flexibility index (Phi) is 7.74. The number of hydrogen-bond donors (Lipinski definition) is 2. The summed E-state index contributed by atoms with van der Waals surface area (Å²) in [5.41, 5.74) is 5.91. The summed E-state index contributed by atoms with van der Waals surface area (Å²) < 4.78 is 1.14. The molecule has 0 saturated heterocycles. The summed E-state index contributed by atoms with van der Waals surface area (Å²) in [5.74, 6) is 0.884. The van der Waals surface area contributed by atoms with Crippen molar-refractivity contribution in [2.75, 3.05) is 5.32 Å². The second-order valence-corrected chi connectivity index (χ2v) is 7.73. The molecule has 0 spiro atoms. The molecule has 0 fully saturated rings. The SMILES string of the molecule is C/C=C(\C=N)c1ccc2scc(Nc3ccccc3C)c2n1.CCC(C)C. The van der Waals surface area contributed by atoms with Crippen molar-refractivity contribution in [2.24, 2.45) is 5.92 Å². The number of nitrogens with zero attached hydrogens (tertiary/aromatic N) is 1. The van der Waals surface area contributed by atoms with Gasteiger partial charge in [0.05, 0.1) is 16.1 Å². The Hall–Kier alpha value is -2.46. The molecule has 27 heavy (non-hydrogen) atoms. The first-order chi connectivity index (χ1) is 13.0. The average Bonchev–Trinajstić information content (AvgIpc) is 3.07. The van der Waals surface area contributed by atoms with Crippen molar-refractivity contribution in [1.29, 1.82) is 5.41 Å². The number of anilines is 2. The van der Waals surface area contributed by atoms with Crippen molar-refractivity contribution < 1.29 is 0 Å². The molecule has 142 valence electrons. The third-order valence-corrected chi connectivity index (χ3v) is 5.35. The molecule has 0 unspecified atom stereocenters. The molecule has 2 heterocycles. The molecule has 0 bridgehead atoms. The Bertz CT molecular complexity index is 922. The molecule has 4 heteroatoms. The van der Waals surface area contributed by atoms with Crippen LogP contribution in [0.2, 0.25) is 0 Å². The number of nitrogens with one attached hydrogen (secondary N) is 2. The number of rotatable bonds is 5. The number of thiophene rings is 1. The summed E-state index contributed by atoms with van der Waals surface area (Å²) in [5, 5.41) is 13.0. The van der Waals surface area contributed by atoms with Gasteiger partial charge in [0, 0.05) is 22.9 Å². The molecule has 0 aliphatic rings. The molecule has 0 atom stereocenters. The summed E-state index contributed by atoms with van der Waals surface area (Å²) >= 11 is 1.67. The molecule has 0 aliphatic carbocycles. The number of aromatic nitrogens is 1. The van der Waals surface area contributed by atoms with Crippen LogP contribution in [0.3, 0.4) is 0 Å². The van der Waals surface area contributed by atoms with Crippen LogP contribution in [0.4, 0.5) is 11.4 Å². The van der Waals surface area contributed by atoms with Crippen LogP contribution in [0, 0.1) is 18.3 Å². The number of para-hydroxylation sites is 1. The fourth-order valence-corrected chi connectivity index (χ4v) is 3.15. The van der Waals surface area contributed by atoms with Gasteiger partial charge in [-0.1, -0.05) is 51.5 Å².